The maximum atomic E-state index is 11.5. The third kappa shape index (κ3) is 22.4. The Morgan fingerprint density at radius 1 is 0.625 bits per heavy atom. The molecule has 1 N–H and O–H groups in total. The van der Waals surface area contributed by atoms with Gasteiger partial charge in [0.1, 0.15) is 0 Å². The third-order valence-electron chi connectivity index (χ3n) is 6.73. The van der Waals surface area contributed by atoms with Gasteiger partial charge in [-0.1, -0.05) is 116 Å². The highest BCUT2D eigenvalue weighted by Gasteiger charge is 2.14. The van der Waals surface area contributed by atoms with Crippen molar-refractivity contribution in [1.29, 1.82) is 0 Å². The van der Waals surface area contributed by atoms with Gasteiger partial charge in [-0.05, 0) is 19.8 Å². The van der Waals surface area contributed by atoms with E-state index in [4.69, 9.17) is 0 Å². The minimum Gasteiger partial charge on any atom is -0.352 e. The lowest BCUT2D eigenvalue weighted by molar-refractivity contribution is -0.890. The molecule has 0 radical (unpaired) electrons. The number of carbonyl (C=O) groups is 1. The molecule has 0 aliphatic heterocycles. The first-order valence-electron chi connectivity index (χ1n) is 14.1. The van der Waals surface area contributed by atoms with Gasteiger partial charge >= 0.3 is 0 Å². The fourth-order valence-corrected chi connectivity index (χ4v) is 4.41. The summed E-state index contributed by atoms with van der Waals surface area (Å²) in [5, 5.41) is 2.93. The van der Waals surface area contributed by atoms with Crippen molar-refractivity contribution in [3.63, 3.8) is 0 Å². The van der Waals surface area contributed by atoms with Crippen LogP contribution in [0.4, 0.5) is 0 Å². The van der Waals surface area contributed by atoms with Gasteiger partial charge in [0.25, 0.3) is 0 Å². The van der Waals surface area contributed by atoms with E-state index in [9.17, 15) is 4.79 Å². The van der Waals surface area contributed by atoms with Crippen LogP contribution in [0.2, 0.25) is 0 Å². The number of hydrogen-bond acceptors (Lipinski definition) is 1. The number of carbonyl (C=O) groups excluding carboxylic acids is 1. The molecule has 3 nitrogen and oxygen atoms in total. The van der Waals surface area contributed by atoms with Gasteiger partial charge in [-0.15, -0.1) is 0 Å². The van der Waals surface area contributed by atoms with Crippen LogP contribution in [-0.2, 0) is 4.79 Å². The molecule has 0 rings (SSSR count). The van der Waals surface area contributed by atoms with Crippen LogP contribution in [-0.4, -0.2) is 44.1 Å². The van der Waals surface area contributed by atoms with Crippen molar-refractivity contribution < 1.29 is 9.28 Å². The Hall–Kier alpha value is -0.830. The van der Waals surface area contributed by atoms with Gasteiger partial charge in [0.2, 0.25) is 5.91 Å². The second kappa shape index (κ2) is 22.0. The molecule has 0 heterocycles. The first kappa shape index (κ1) is 31.2. The lowest BCUT2D eigenvalue weighted by atomic mass is 10.0. The summed E-state index contributed by atoms with van der Waals surface area (Å²) in [7, 11) is 4.63. The average Bonchev–Trinajstić information content (AvgIpc) is 2.75. The highest BCUT2D eigenvalue weighted by molar-refractivity contribution is 5.91. The Kier molecular flexibility index (Phi) is 21.4. The molecule has 0 atom stereocenters. The van der Waals surface area contributed by atoms with Gasteiger partial charge in [-0.2, -0.15) is 0 Å². The summed E-state index contributed by atoms with van der Waals surface area (Å²) in [5.74, 6) is -0.0150. The molecule has 190 valence electrons. The molecule has 1 amide bonds. The standard InChI is InChI=1S/C29H58N2O/c1-6-7-8-9-10-11-12-13-14-15-16-17-18-19-20-21-22-23-26-31(4,5)27-24-25-30-29(32)28(2)3/h2,6-27H2,1,3-5H3/p+1. The molecular weight excluding hydrogens is 392 g/mol. The molecule has 0 aromatic carbocycles. The lowest BCUT2D eigenvalue weighted by Gasteiger charge is -2.30. The van der Waals surface area contributed by atoms with Crippen LogP contribution in [0.3, 0.4) is 0 Å². The molecule has 0 fully saturated rings. The zero-order chi connectivity index (χ0) is 23.9. The number of hydrogen-bond donors (Lipinski definition) is 1. The van der Waals surface area contributed by atoms with Gasteiger partial charge in [-0.25, -0.2) is 0 Å². The summed E-state index contributed by atoms with van der Waals surface area (Å²) in [5.41, 5.74) is 0.595. The summed E-state index contributed by atoms with van der Waals surface area (Å²) in [6, 6.07) is 0. The molecule has 0 aliphatic rings. The molecule has 0 aromatic rings. The van der Waals surface area contributed by atoms with Crippen molar-refractivity contribution in [3.05, 3.63) is 12.2 Å². The molecule has 0 saturated carbocycles. The Morgan fingerprint density at radius 3 is 1.34 bits per heavy atom. The van der Waals surface area contributed by atoms with Crippen LogP contribution in [0.5, 0.6) is 0 Å². The smallest absolute Gasteiger partial charge is 0.246 e. The Morgan fingerprint density at radius 2 is 0.969 bits per heavy atom. The number of nitrogens with one attached hydrogen (secondary N) is 1. The topological polar surface area (TPSA) is 29.1 Å². The fraction of sp³-hybridized carbons (Fsp3) is 0.897. The van der Waals surface area contributed by atoms with E-state index in [1.807, 2.05) is 0 Å². The Balaban J connectivity index is 3.31. The molecule has 0 bridgehead atoms. The molecule has 0 aromatic heterocycles. The monoisotopic (exact) mass is 451 g/mol. The molecule has 0 unspecified atom stereocenters. The second-order valence-electron chi connectivity index (χ2n) is 10.8. The molecule has 32 heavy (non-hydrogen) atoms. The van der Waals surface area contributed by atoms with Gasteiger partial charge < -0.3 is 9.80 Å². The third-order valence-corrected chi connectivity index (χ3v) is 6.73. The second-order valence-corrected chi connectivity index (χ2v) is 10.8. The first-order chi connectivity index (χ1) is 15.4. The first-order valence-corrected chi connectivity index (χ1v) is 14.1. The number of amides is 1. The van der Waals surface area contributed by atoms with Crippen molar-refractivity contribution in [1.82, 2.24) is 5.32 Å². The molecule has 0 saturated heterocycles. The van der Waals surface area contributed by atoms with Gasteiger partial charge in [0.15, 0.2) is 0 Å². The van der Waals surface area contributed by atoms with E-state index in [-0.39, 0.29) is 5.91 Å². The quantitative estimate of drug-likeness (QED) is 0.0894. The number of unbranched alkanes of at least 4 members (excludes halogenated alkanes) is 17. The van der Waals surface area contributed by atoms with Crippen molar-refractivity contribution in [2.75, 3.05) is 33.7 Å². The lowest BCUT2D eigenvalue weighted by Crippen LogP contribution is -2.42. The van der Waals surface area contributed by atoms with Gasteiger partial charge in [0, 0.05) is 18.5 Å². The highest BCUT2D eigenvalue weighted by atomic mass is 16.1. The zero-order valence-corrected chi connectivity index (χ0v) is 22.6. The normalized spacial score (nSPS) is 11.6. The molecule has 0 aliphatic carbocycles. The summed E-state index contributed by atoms with van der Waals surface area (Å²) in [6.45, 7) is 10.8. The van der Waals surface area contributed by atoms with Crippen LogP contribution in [0, 0.1) is 0 Å². The number of rotatable bonds is 24. The maximum absolute atomic E-state index is 11.5. The number of nitrogens with zero attached hydrogens (tertiary/aromatic N) is 1. The van der Waals surface area contributed by atoms with Crippen molar-refractivity contribution >= 4 is 5.91 Å². The van der Waals surface area contributed by atoms with Gasteiger partial charge in [0.05, 0.1) is 27.2 Å². The highest BCUT2D eigenvalue weighted by Crippen LogP contribution is 2.14. The average molecular weight is 452 g/mol. The largest absolute Gasteiger partial charge is 0.352 e. The van der Waals surface area contributed by atoms with E-state index in [0.29, 0.717) is 5.57 Å². The van der Waals surface area contributed by atoms with Crippen LogP contribution in [0.1, 0.15) is 136 Å². The Labute approximate surface area is 202 Å². The van der Waals surface area contributed by atoms with Crippen LogP contribution in [0.25, 0.3) is 0 Å². The minimum absolute atomic E-state index is 0.0150. The number of quaternary nitrogens is 1. The summed E-state index contributed by atoms with van der Waals surface area (Å²) in [6.07, 6.45) is 26.8. The summed E-state index contributed by atoms with van der Waals surface area (Å²) in [4.78, 5) is 11.5. The maximum Gasteiger partial charge on any atom is 0.246 e. The van der Waals surface area contributed by atoms with E-state index in [2.05, 4.69) is 32.9 Å². The predicted molar refractivity (Wildman–Crippen MR) is 143 cm³/mol. The van der Waals surface area contributed by atoms with Crippen LogP contribution in [0.15, 0.2) is 12.2 Å². The van der Waals surface area contributed by atoms with Crippen molar-refractivity contribution in [3.8, 4) is 0 Å². The fourth-order valence-electron chi connectivity index (χ4n) is 4.41. The van der Waals surface area contributed by atoms with E-state index in [1.165, 1.54) is 122 Å². The van der Waals surface area contributed by atoms with Crippen molar-refractivity contribution in [2.24, 2.45) is 0 Å². The Bertz CT molecular complexity index is 444. The van der Waals surface area contributed by atoms with E-state index < -0.39 is 0 Å². The summed E-state index contributed by atoms with van der Waals surface area (Å²) >= 11 is 0. The van der Waals surface area contributed by atoms with Gasteiger partial charge in [-0.3, -0.25) is 4.79 Å². The van der Waals surface area contributed by atoms with E-state index in [0.717, 1.165) is 24.0 Å². The zero-order valence-electron chi connectivity index (χ0n) is 22.6. The van der Waals surface area contributed by atoms with Crippen molar-refractivity contribution in [2.45, 2.75) is 136 Å². The van der Waals surface area contributed by atoms with Crippen LogP contribution < -0.4 is 5.32 Å². The van der Waals surface area contributed by atoms with E-state index in [1.54, 1.807) is 6.92 Å². The molecule has 0 spiro atoms. The molecule has 3 heteroatoms. The minimum atomic E-state index is -0.0150. The predicted octanol–water partition coefficient (Wildman–Crippen LogP) is 8.19. The SMILES string of the molecule is C=C(C)C(=O)NCCC[N+](C)(C)CCCCCCCCCCCCCCCCCCCC. The summed E-state index contributed by atoms with van der Waals surface area (Å²) < 4.78 is 1.06. The van der Waals surface area contributed by atoms with Crippen LogP contribution >= 0.6 is 0 Å². The molecular formula is C29H59N2O+. The van der Waals surface area contributed by atoms with E-state index >= 15 is 0 Å².